The Bertz CT molecular complexity index is 1470. The molecular formula is C63H102O6. The molecule has 0 saturated carbocycles. The first-order chi connectivity index (χ1) is 34.0. The normalized spacial score (nSPS) is 13.0. The molecule has 0 aromatic heterocycles. The van der Waals surface area contributed by atoms with Crippen LogP contribution in [-0.2, 0) is 28.6 Å². The van der Waals surface area contributed by atoms with Crippen molar-refractivity contribution in [3.05, 3.63) is 122 Å². The molecule has 0 spiro atoms. The summed E-state index contributed by atoms with van der Waals surface area (Å²) < 4.78 is 16.8. The smallest absolute Gasteiger partial charge is 0.306 e. The lowest BCUT2D eigenvalue weighted by Gasteiger charge is -2.18. The van der Waals surface area contributed by atoms with Crippen LogP contribution in [-0.4, -0.2) is 37.2 Å². The van der Waals surface area contributed by atoms with Crippen LogP contribution in [0.25, 0.3) is 0 Å². The van der Waals surface area contributed by atoms with Crippen molar-refractivity contribution in [3.8, 4) is 0 Å². The van der Waals surface area contributed by atoms with Crippen molar-refractivity contribution in [2.24, 2.45) is 0 Å². The summed E-state index contributed by atoms with van der Waals surface area (Å²) >= 11 is 0. The van der Waals surface area contributed by atoms with E-state index in [1.165, 1.54) is 89.9 Å². The summed E-state index contributed by atoms with van der Waals surface area (Å²) in [6.07, 6.45) is 77.7. The highest BCUT2D eigenvalue weighted by molar-refractivity contribution is 5.71. The molecular weight excluding hydrogens is 853 g/mol. The van der Waals surface area contributed by atoms with Crippen molar-refractivity contribution < 1.29 is 28.6 Å². The molecule has 0 saturated heterocycles. The van der Waals surface area contributed by atoms with Gasteiger partial charge in [-0.15, -0.1) is 0 Å². The third-order valence-electron chi connectivity index (χ3n) is 11.4. The Labute approximate surface area is 424 Å². The van der Waals surface area contributed by atoms with E-state index in [0.29, 0.717) is 25.7 Å². The molecule has 6 nitrogen and oxygen atoms in total. The summed E-state index contributed by atoms with van der Waals surface area (Å²) in [6, 6.07) is 0. The van der Waals surface area contributed by atoms with Gasteiger partial charge in [-0.2, -0.15) is 0 Å². The standard InChI is InChI=1S/C63H102O6/c1-4-7-10-13-16-19-22-25-28-30-31-33-36-39-42-45-48-51-54-57-63(66)69-60(58-67-61(64)55-52-49-46-43-40-37-34-27-24-21-18-15-12-9-6-3)59-68-62(65)56-53-50-47-44-41-38-35-32-29-26-23-20-17-14-11-8-5-2/h8-9,11-12,17-18,20-21,25-29,34-35,38,40,43-44,47,60H,4-7,10,13-16,19,22-24,30-33,36-37,39,41-42,45-46,48-59H2,1-3H3/b11-8-,12-9-,20-17-,21-18-,28-25-,29-26-,34-27-,38-35-,43-40-,47-44-/t60-/m0/s1. The van der Waals surface area contributed by atoms with Crippen molar-refractivity contribution in [1.29, 1.82) is 0 Å². The van der Waals surface area contributed by atoms with E-state index in [2.05, 4.69) is 142 Å². The lowest BCUT2D eigenvalue weighted by Crippen LogP contribution is -2.30. The lowest BCUT2D eigenvalue weighted by atomic mass is 10.1. The van der Waals surface area contributed by atoms with Gasteiger partial charge in [0.25, 0.3) is 0 Å². The molecule has 0 bridgehead atoms. The van der Waals surface area contributed by atoms with Crippen molar-refractivity contribution in [2.45, 2.75) is 245 Å². The van der Waals surface area contributed by atoms with E-state index in [0.717, 1.165) is 96.3 Å². The van der Waals surface area contributed by atoms with Gasteiger partial charge in [-0.25, -0.2) is 0 Å². The van der Waals surface area contributed by atoms with Gasteiger partial charge in [0, 0.05) is 19.3 Å². The quantitative estimate of drug-likeness (QED) is 0.0262. The molecule has 0 aromatic carbocycles. The number of unbranched alkanes of at least 4 members (excludes halogenated alkanes) is 18. The molecule has 69 heavy (non-hydrogen) atoms. The van der Waals surface area contributed by atoms with Gasteiger partial charge in [-0.1, -0.05) is 219 Å². The first kappa shape index (κ1) is 64.8. The zero-order valence-electron chi connectivity index (χ0n) is 44.5. The zero-order valence-corrected chi connectivity index (χ0v) is 44.5. The van der Waals surface area contributed by atoms with Gasteiger partial charge in [-0.05, 0) is 122 Å². The second kappa shape index (κ2) is 56.4. The van der Waals surface area contributed by atoms with Crippen LogP contribution >= 0.6 is 0 Å². The molecule has 0 heterocycles. The Morgan fingerprint density at radius 2 is 0.580 bits per heavy atom. The van der Waals surface area contributed by atoms with E-state index in [9.17, 15) is 14.4 Å². The minimum absolute atomic E-state index is 0.121. The highest BCUT2D eigenvalue weighted by Crippen LogP contribution is 2.14. The third-order valence-corrected chi connectivity index (χ3v) is 11.4. The van der Waals surface area contributed by atoms with Crippen LogP contribution in [0.5, 0.6) is 0 Å². The lowest BCUT2D eigenvalue weighted by molar-refractivity contribution is -0.167. The molecule has 0 aliphatic rings. The third kappa shape index (κ3) is 54.6. The molecule has 0 rings (SSSR count). The monoisotopic (exact) mass is 955 g/mol. The van der Waals surface area contributed by atoms with Crippen LogP contribution in [0, 0.1) is 0 Å². The van der Waals surface area contributed by atoms with Crippen molar-refractivity contribution in [2.75, 3.05) is 13.2 Å². The molecule has 0 aromatic rings. The van der Waals surface area contributed by atoms with Crippen LogP contribution in [0.4, 0.5) is 0 Å². The minimum Gasteiger partial charge on any atom is -0.462 e. The minimum atomic E-state index is -0.823. The van der Waals surface area contributed by atoms with Crippen molar-refractivity contribution >= 4 is 17.9 Å². The Kier molecular flexibility index (Phi) is 53.0. The number of carbonyl (C=O) groups excluding carboxylic acids is 3. The van der Waals surface area contributed by atoms with Gasteiger partial charge in [0.2, 0.25) is 0 Å². The number of carbonyl (C=O) groups is 3. The number of allylic oxidation sites excluding steroid dienone is 20. The maximum absolute atomic E-state index is 12.9. The highest BCUT2D eigenvalue weighted by atomic mass is 16.6. The summed E-state index contributed by atoms with van der Waals surface area (Å²) in [7, 11) is 0. The second-order valence-corrected chi connectivity index (χ2v) is 18.1. The topological polar surface area (TPSA) is 78.9 Å². The average Bonchev–Trinajstić information content (AvgIpc) is 3.35. The van der Waals surface area contributed by atoms with Gasteiger partial charge >= 0.3 is 17.9 Å². The Morgan fingerprint density at radius 3 is 0.986 bits per heavy atom. The van der Waals surface area contributed by atoms with E-state index in [-0.39, 0.29) is 37.5 Å². The van der Waals surface area contributed by atoms with Gasteiger partial charge in [0.15, 0.2) is 6.10 Å². The van der Waals surface area contributed by atoms with Crippen LogP contribution in [0.15, 0.2) is 122 Å². The Morgan fingerprint density at radius 1 is 0.304 bits per heavy atom. The van der Waals surface area contributed by atoms with Crippen molar-refractivity contribution in [1.82, 2.24) is 0 Å². The fourth-order valence-electron chi connectivity index (χ4n) is 7.29. The maximum atomic E-state index is 12.9. The highest BCUT2D eigenvalue weighted by Gasteiger charge is 2.19. The molecule has 0 aliphatic heterocycles. The molecule has 0 amide bonds. The number of esters is 3. The largest absolute Gasteiger partial charge is 0.462 e. The molecule has 0 radical (unpaired) electrons. The molecule has 390 valence electrons. The fourth-order valence-corrected chi connectivity index (χ4v) is 7.29. The molecule has 6 heteroatoms. The van der Waals surface area contributed by atoms with Gasteiger partial charge < -0.3 is 14.2 Å². The van der Waals surface area contributed by atoms with Crippen LogP contribution in [0.3, 0.4) is 0 Å². The SMILES string of the molecule is CC/C=C\C/C=C\C/C=C\C/C=C\C/C=C\CCCC(=O)OC[C@H](COC(=O)CCCC/C=C\C/C=C\C/C=C\C/C=C\CC)OC(=O)CCCCCCCCCCC/C=C\CCCCCCCC. The first-order valence-electron chi connectivity index (χ1n) is 28.0. The maximum Gasteiger partial charge on any atom is 0.306 e. The number of rotatable bonds is 49. The van der Waals surface area contributed by atoms with Gasteiger partial charge in [-0.3, -0.25) is 14.4 Å². The summed E-state index contributed by atoms with van der Waals surface area (Å²) in [5.41, 5.74) is 0. The van der Waals surface area contributed by atoms with E-state index in [1.807, 2.05) is 0 Å². The number of ether oxygens (including phenoxy) is 3. The zero-order chi connectivity index (χ0) is 50.0. The number of hydrogen-bond donors (Lipinski definition) is 0. The predicted octanol–water partition coefficient (Wildman–Crippen LogP) is 18.9. The van der Waals surface area contributed by atoms with Crippen LogP contribution < -0.4 is 0 Å². The van der Waals surface area contributed by atoms with E-state index < -0.39 is 6.10 Å². The second-order valence-electron chi connectivity index (χ2n) is 18.1. The van der Waals surface area contributed by atoms with Gasteiger partial charge in [0.05, 0.1) is 0 Å². The molecule has 0 fully saturated rings. The van der Waals surface area contributed by atoms with Crippen LogP contribution in [0.2, 0.25) is 0 Å². The van der Waals surface area contributed by atoms with E-state index in [1.54, 1.807) is 0 Å². The summed E-state index contributed by atoms with van der Waals surface area (Å²) in [4.78, 5) is 38.1. The first-order valence-corrected chi connectivity index (χ1v) is 28.0. The average molecular weight is 956 g/mol. The van der Waals surface area contributed by atoms with E-state index in [4.69, 9.17) is 14.2 Å². The predicted molar refractivity (Wildman–Crippen MR) is 297 cm³/mol. The summed E-state index contributed by atoms with van der Waals surface area (Å²) in [6.45, 7) is 6.32. The molecule has 0 unspecified atom stereocenters. The number of hydrogen-bond acceptors (Lipinski definition) is 6. The summed E-state index contributed by atoms with van der Waals surface area (Å²) in [5, 5.41) is 0. The molecule has 0 aliphatic carbocycles. The fraction of sp³-hybridized carbons (Fsp3) is 0.635. The molecule has 1 atom stereocenters. The summed E-state index contributed by atoms with van der Waals surface area (Å²) in [5.74, 6) is -1.02. The molecule has 0 N–H and O–H groups in total. The Hall–Kier alpha value is -4.19. The van der Waals surface area contributed by atoms with E-state index >= 15 is 0 Å². The van der Waals surface area contributed by atoms with Gasteiger partial charge in [0.1, 0.15) is 13.2 Å². The Balaban J connectivity index is 4.53. The van der Waals surface area contributed by atoms with Crippen molar-refractivity contribution in [3.63, 3.8) is 0 Å². The van der Waals surface area contributed by atoms with Crippen LogP contribution in [0.1, 0.15) is 239 Å².